The summed E-state index contributed by atoms with van der Waals surface area (Å²) in [5.41, 5.74) is 6.91. The van der Waals surface area contributed by atoms with E-state index in [1.165, 1.54) is 0 Å². The number of carbonyl (C=O) groups is 1. The smallest absolute Gasteiger partial charge is 0.312 e. The molecule has 2 aromatic rings. The van der Waals surface area contributed by atoms with Crippen LogP contribution in [0.2, 0.25) is 0 Å². The first kappa shape index (κ1) is 11.2. The summed E-state index contributed by atoms with van der Waals surface area (Å²) in [7, 11) is 0. The Morgan fingerprint density at radius 1 is 1.47 bits per heavy atom. The number of hydrogen-bond acceptors (Lipinski definition) is 2. The molecule has 1 radical (unpaired) electrons. The average Bonchev–Trinajstić information content (AvgIpc) is 2.71. The molecule has 1 unspecified atom stereocenters. The van der Waals surface area contributed by atoms with E-state index in [1.54, 1.807) is 6.29 Å². The number of nitrogens with one attached hydrogen (secondary N) is 2. The topological polar surface area (TPSA) is 88.0 Å². The Hall–Kier alpha value is -2.30. The normalized spacial score (nSPS) is 12.2. The lowest BCUT2D eigenvalue weighted by Crippen LogP contribution is -2.40. The third kappa shape index (κ3) is 2.44. The van der Waals surface area contributed by atoms with Crippen molar-refractivity contribution in [1.82, 2.24) is 10.3 Å². The summed E-state index contributed by atoms with van der Waals surface area (Å²) in [6, 6.07) is 6.30. The minimum absolute atomic E-state index is 0.371. The Labute approximate surface area is 98.0 Å². The molecule has 0 spiro atoms. The first-order valence-corrected chi connectivity index (χ1v) is 5.19. The molecule has 5 nitrogen and oxygen atoms in total. The zero-order valence-electron chi connectivity index (χ0n) is 9.07. The summed E-state index contributed by atoms with van der Waals surface area (Å²) in [5.74, 6) is 0. The van der Waals surface area contributed by atoms with Crippen molar-refractivity contribution in [2.75, 3.05) is 0 Å². The zero-order chi connectivity index (χ0) is 12.3. The van der Waals surface area contributed by atoms with Gasteiger partial charge < -0.3 is 16.0 Å². The molecule has 4 N–H and O–H groups in total. The van der Waals surface area contributed by atoms with Crippen LogP contribution in [0.15, 0.2) is 30.5 Å². The molecular formula is C12H12N3O2. The number of hydrogen-bond donors (Lipinski definition) is 3. The number of primary amides is 1. The summed E-state index contributed by atoms with van der Waals surface area (Å²) >= 11 is 0. The van der Waals surface area contributed by atoms with Crippen molar-refractivity contribution in [3.8, 4) is 0 Å². The van der Waals surface area contributed by atoms with Gasteiger partial charge >= 0.3 is 6.03 Å². The number of H-pyrrole nitrogens is 1. The van der Waals surface area contributed by atoms with Crippen LogP contribution in [0.1, 0.15) is 5.56 Å². The maximum absolute atomic E-state index is 10.7. The number of urea groups is 1. The number of aromatic nitrogens is 1. The molecule has 2 amide bonds. The molecule has 1 heterocycles. The number of nitrogens with two attached hydrogens (primary N) is 1. The van der Waals surface area contributed by atoms with E-state index >= 15 is 0 Å². The van der Waals surface area contributed by atoms with Crippen LogP contribution in [-0.4, -0.2) is 23.3 Å². The van der Waals surface area contributed by atoms with Gasteiger partial charge in [0.05, 0.1) is 0 Å². The van der Waals surface area contributed by atoms with Crippen molar-refractivity contribution in [3.05, 3.63) is 36.0 Å². The molecule has 87 valence electrons. The molecule has 0 saturated carbocycles. The zero-order valence-corrected chi connectivity index (χ0v) is 9.07. The van der Waals surface area contributed by atoms with E-state index in [-0.39, 0.29) is 0 Å². The lowest BCUT2D eigenvalue weighted by molar-refractivity contribution is 0.247. The molecule has 17 heavy (non-hydrogen) atoms. The molecule has 1 aromatic heterocycles. The maximum atomic E-state index is 10.7. The number of aromatic amines is 1. The average molecular weight is 230 g/mol. The van der Waals surface area contributed by atoms with E-state index in [1.807, 2.05) is 30.5 Å². The van der Waals surface area contributed by atoms with E-state index in [0.29, 0.717) is 6.42 Å². The molecule has 5 heteroatoms. The highest BCUT2D eigenvalue weighted by Gasteiger charge is 2.13. The van der Waals surface area contributed by atoms with Crippen LogP contribution >= 0.6 is 0 Å². The minimum atomic E-state index is -0.724. The standard InChI is InChI=1S/C12H12N3O2/c13-12(17)15-9(7-16)5-8-6-14-11-4-2-1-3-10(8)11/h1-4,6,9,14H,5H2,(H3,13,15,17). The summed E-state index contributed by atoms with van der Waals surface area (Å²) in [6.45, 7) is 0. The predicted molar refractivity (Wildman–Crippen MR) is 64.2 cm³/mol. The Balaban J connectivity index is 2.22. The van der Waals surface area contributed by atoms with E-state index in [2.05, 4.69) is 10.3 Å². The Bertz CT molecular complexity index is 547. The molecule has 1 atom stereocenters. The van der Waals surface area contributed by atoms with Gasteiger partial charge in [-0.1, -0.05) is 18.2 Å². The van der Waals surface area contributed by atoms with Gasteiger partial charge in [-0.3, -0.25) is 4.79 Å². The molecule has 0 bridgehead atoms. The molecule has 0 fully saturated rings. The number of para-hydroxylation sites is 1. The maximum Gasteiger partial charge on any atom is 0.312 e. The third-order valence-corrected chi connectivity index (χ3v) is 2.56. The van der Waals surface area contributed by atoms with Gasteiger partial charge in [-0.25, -0.2) is 4.79 Å². The van der Waals surface area contributed by atoms with Gasteiger partial charge in [0.15, 0.2) is 0 Å². The second kappa shape index (κ2) is 4.69. The highest BCUT2D eigenvalue weighted by Crippen LogP contribution is 2.18. The van der Waals surface area contributed by atoms with Gasteiger partial charge in [-0.05, 0) is 11.6 Å². The highest BCUT2D eigenvalue weighted by molar-refractivity contribution is 5.84. The number of fused-ring (bicyclic) bond motifs is 1. The van der Waals surface area contributed by atoms with Crippen molar-refractivity contribution in [2.45, 2.75) is 12.5 Å². The van der Waals surface area contributed by atoms with Gasteiger partial charge in [0, 0.05) is 23.5 Å². The van der Waals surface area contributed by atoms with Crippen molar-refractivity contribution in [3.63, 3.8) is 0 Å². The van der Waals surface area contributed by atoms with Crippen LogP contribution in [0.4, 0.5) is 4.79 Å². The van der Waals surface area contributed by atoms with E-state index < -0.39 is 12.1 Å². The van der Waals surface area contributed by atoms with Crippen LogP contribution in [0.25, 0.3) is 10.9 Å². The number of carbonyl (C=O) groups excluding carboxylic acids is 2. The predicted octanol–water partition coefficient (Wildman–Crippen LogP) is 0.857. The van der Waals surface area contributed by atoms with Crippen molar-refractivity contribution in [2.24, 2.45) is 5.73 Å². The first-order valence-electron chi connectivity index (χ1n) is 5.19. The van der Waals surface area contributed by atoms with Crippen molar-refractivity contribution < 1.29 is 9.59 Å². The summed E-state index contributed by atoms with van der Waals surface area (Å²) in [4.78, 5) is 24.5. The molecule has 0 saturated heterocycles. The van der Waals surface area contributed by atoms with Crippen LogP contribution < -0.4 is 11.1 Å². The number of rotatable bonds is 4. The second-order valence-electron chi connectivity index (χ2n) is 3.74. The number of amides is 2. The molecule has 0 aliphatic heterocycles. The fourth-order valence-corrected chi connectivity index (χ4v) is 1.81. The lowest BCUT2D eigenvalue weighted by Gasteiger charge is -2.08. The Morgan fingerprint density at radius 2 is 2.24 bits per heavy atom. The summed E-state index contributed by atoms with van der Waals surface area (Å²) in [5, 5.41) is 3.36. The molecule has 1 aromatic carbocycles. The molecule has 2 rings (SSSR count). The number of benzene rings is 1. The van der Waals surface area contributed by atoms with Crippen molar-refractivity contribution in [1.29, 1.82) is 0 Å². The minimum Gasteiger partial charge on any atom is -0.361 e. The van der Waals surface area contributed by atoms with Crippen LogP contribution in [0, 0.1) is 0 Å². The van der Waals surface area contributed by atoms with Gasteiger partial charge in [0.2, 0.25) is 6.29 Å². The van der Waals surface area contributed by atoms with Crippen LogP contribution in [0.5, 0.6) is 0 Å². The lowest BCUT2D eigenvalue weighted by atomic mass is 10.1. The van der Waals surface area contributed by atoms with E-state index in [0.717, 1.165) is 16.5 Å². The van der Waals surface area contributed by atoms with E-state index in [9.17, 15) is 9.59 Å². The van der Waals surface area contributed by atoms with Gasteiger partial charge in [-0.15, -0.1) is 0 Å². The SMILES string of the molecule is NC(=O)NC([C]=O)Cc1c[nH]c2ccccc12. The summed E-state index contributed by atoms with van der Waals surface area (Å²) in [6.07, 6.45) is 3.95. The second-order valence-corrected chi connectivity index (χ2v) is 3.74. The fourth-order valence-electron chi connectivity index (χ4n) is 1.81. The van der Waals surface area contributed by atoms with Gasteiger partial charge in [-0.2, -0.15) is 0 Å². The largest absolute Gasteiger partial charge is 0.361 e. The van der Waals surface area contributed by atoms with Gasteiger partial charge in [0.25, 0.3) is 0 Å². The fraction of sp³-hybridized carbons (Fsp3) is 0.167. The monoisotopic (exact) mass is 230 g/mol. The Kier molecular flexibility index (Phi) is 3.09. The Morgan fingerprint density at radius 3 is 2.94 bits per heavy atom. The third-order valence-electron chi connectivity index (χ3n) is 2.56. The van der Waals surface area contributed by atoms with Gasteiger partial charge in [0.1, 0.15) is 6.04 Å². The first-order chi connectivity index (χ1) is 8.20. The van der Waals surface area contributed by atoms with Crippen LogP contribution in [-0.2, 0) is 11.2 Å². The van der Waals surface area contributed by atoms with Crippen molar-refractivity contribution >= 4 is 23.2 Å². The summed E-state index contributed by atoms with van der Waals surface area (Å²) < 4.78 is 0. The molecule has 0 aliphatic rings. The quantitative estimate of drug-likeness (QED) is 0.727. The highest BCUT2D eigenvalue weighted by atomic mass is 16.2. The molecular weight excluding hydrogens is 218 g/mol. The molecule has 0 aliphatic carbocycles. The van der Waals surface area contributed by atoms with E-state index in [4.69, 9.17) is 5.73 Å². The van der Waals surface area contributed by atoms with Crippen LogP contribution in [0.3, 0.4) is 0 Å².